The Morgan fingerprint density at radius 3 is 2.37 bits per heavy atom. The molecule has 2 fully saturated rings. The molecule has 146 valence electrons. The van der Waals surface area contributed by atoms with Crippen LogP contribution in [0.4, 0.5) is 23.4 Å². The first-order valence-electron chi connectivity index (χ1n) is 8.72. The molecule has 0 aromatic carbocycles. The molecule has 0 atom stereocenters. The number of aromatic nitrogens is 4. The van der Waals surface area contributed by atoms with E-state index in [4.69, 9.17) is 0 Å². The highest BCUT2D eigenvalue weighted by molar-refractivity contribution is 5.43. The van der Waals surface area contributed by atoms with Gasteiger partial charge in [0.25, 0.3) is 0 Å². The van der Waals surface area contributed by atoms with Crippen molar-refractivity contribution in [2.24, 2.45) is 0 Å². The number of aryl methyl sites for hydroxylation is 1. The first-order valence-corrected chi connectivity index (χ1v) is 8.72. The van der Waals surface area contributed by atoms with Crippen LogP contribution in [0.15, 0.2) is 4.42 Å². The van der Waals surface area contributed by atoms with Crippen LogP contribution >= 0.6 is 0 Å². The number of hydrogen-bond acceptors (Lipinski definition) is 7. The monoisotopic (exact) mass is 386 g/mol. The van der Waals surface area contributed by atoms with Crippen LogP contribution in [0.3, 0.4) is 0 Å². The minimum absolute atomic E-state index is 0.0872. The minimum atomic E-state index is -4.65. The summed E-state index contributed by atoms with van der Waals surface area (Å²) in [5, 5.41) is 6.47. The maximum atomic E-state index is 14.5. The van der Waals surface area contributed by atoms with E-state index in [1.807, 2.05) is 9.80 Å². The molecule has 0 bridgehead atoms. The first kappa shape index (κ1) is 18.1. The van der Waals surface area contributed by atoms with Gasteiger partial charge in [0.1, 0.15) is 5.82 Å². The van der Waals surface area contributed by atoms with Gasteiger partial charge in [0.2, 0.25) is 5.89 Å². The second-order valence-electron chi connectivity index (χ2n) is 6.84. The van der Waals surface area contributed by atoms with Crippen molar-refractivity contribution in [3.05, 3.63) is 29.1 Å². The minimum Gasteiger partial charge on any atom is -0.416 e. The lowest BCUT2D eigenvalue weighted by Gasteiger charge is -2.35. The highest BCUT2D eigenvalue weighted by Crippen LogP contribution is 2.39. The highest BCUT2D eigenvalue weighted by Gasteiger charge is 2.38. The summed E-state index contributed by atoms with van der Waals surface area (Å²) in [6, 6.07) is 0. The van der Waals surface area contributed by atoms with E-state index in [1.54, 1.807) is 6.92 Å². The average molecular weight is 386 g/mol. The lowest BCUT2D eigenvalue weighted by molar-refractivity contribution is -0.157. The molecular weight excluding hydrogens is 368 g/mol. The Bertz CT molecular complexity index is 827. The molecule has 27 heavy (non-hydrogen) atoms. The summed E-state index contributed by atoms with van der Waals surface area (Å²) >= 11 is 0. The van der Waals surface area contributed by atoms with Crippen molar-refractivity contribution in [3.63, 3.8) is 0 Å². The molecule has 1 saturated heterocycles. The van der Waals surface area contributed by atoms with Gasteiger partial charge in [0, 0.05) is 32.1 Å². The standard InChI is InChI=1S/C16H18F4N6O/c1-9-12(17)14(22-13(21-9)10-2-3-10)26-6-4-25(5-7-26)8-11-23-24-15(27-11)16(18,19)20/h10H,2-8H2,1H3. The molecule has 11 heteroatoms. The van der Waals surface area contributed by atoms with Gasteiger partial charge in [-0.05, 0) is 19.8 Å². The Morgan fingerprint density at radius 2 is 1.78 bits per heavy atom. The predicted octanol–water partition coefficient (Wildman–Crippen LogP) is 2.53. The van der Waals surface area contributed by atoms with Gasteiger partial charge in [-0.3, -0.25) is 4.90 Å². The molecule has 3 heterocycles. The molecule has 0 amide bonds. The molecule has 2 aromatic heterocycles. The van der Waals surface area contributed by atoms with Crippen LogP contribution in [0, 0.1) is 12.7 Å². The van der Waals surface area contributed by atoms with Gasteiger partial charge in [0.05, 0.1) is 12.2 Å². The maximum absolute atomic E-state index is 14.5. The smallest absolute Gasteiger partial charge is 0.416 e. The lowest BCUT2D eigenvalue weighted by atomic mass is 10.2. The molecule has 1 saturated carbocycles. The van der Waals surface area contributed by atoms with Crippen molar-refractivity contribution in [1.82, 2.24) is 25.1 Å². The first-order chi connectivity index (χ1) is 12.8. The van der Waals surface area contributed by atoms with Gasteiger partial charge in [-0.1, -0.05) is 0 Å². The Morgan fingerprint density at radius 1 is 1.07 bits per heavy atom. The number of hydrogen-bond donors (Lipinski definition) is 0. The zero-order valence-electron chi connectivity index (χ0n) is 14.6. The highest BCUT2D eigenvalue weighted by atomic mass is 19.4. The average Bonchev–Trinajstić information content (AvgIpc) is 3.36. The van der Waals surface area contributed by atoms with Crippen LogP contribution in [0.1, 0.15) is 42.1 Å². The Balaban J connectivity index is 1.40. The van der Waals surface area contributed by atoms with Crippen LogP contribution < -0.4 is 4.90 Å². The number of halogens is 4. The van der Waals surface area contributed by atoms with Crippen molar-refractivity contribution in [2.45, 2.75) is 38.4 Å². The van der Waals surface area contributed by atoms with Crippen molar-refractivity contribution >= 4 is 5.82 Å². The van der Waals surface area contributed by atoms with E-state index < -0.39 is 17.9 Å². The van der Waals surface area contributed by atoms with E-state index in [1.165, 1.54) is 0 Å². The van der Waals surface area contributed by atoms with Crippen molar-refractivity contribution in [2.75, 3.05) is 31.1 Å². The molecule has 4 rings (SSSR count). The van der Waals surface area contributed by atoms with E-state index in [2.05, 4.69) is 24.6 Å². The summed E-state index contributed by atoms with van der Waals surface area (Å²) in [5.41, 5.74) is 0.342. The summed E-state index contributed by atoms with van der Waals surface area (Å²) < 4.78 is 56.7. The normalized spacial score (nSPS) is 18.9. The fraction of sp³-hybridized carbons (Fsp3) is 0.625. The molecule has 7 nitrogen and oxygen atoms in total. The summed E-state index contributed by atoms with van der Waals surface area (Å²) in [4.78, 5) is 12.4. The van der Waals surface area contributed by atoms with Gasteiger partial charge in [0.15, 0.2) is 11.6 Å². The number of anilines is 1. The fourth-order valence-electron chi connectivity index (χ4n) is 3.04. The molecule has 1 aliphatic heterocycles. The van der Waals surface area contributed by atoms with Crippen LogP contribution in [0.25, 0.3) is 0 Å². The Kier molecular flexibility index (Phi) is 4.49. The molecule has 0 N–H and O–H groups in total. The molecule has 0 unspecified atom stereocenters. The summed E-state index contributed by atoms with van der Waals surface area (Å²) in [6.45, 7) is 3.79. The van der Waals surface area contributed by atoms with Crippen molar-refractivity contribution < 1.29 is 22.0 Å². The van der Waals surface area contributed by atoms with E-state index in [9.17, 15) is 17.6 Å². The largest absolute Gasteiger partial charge is 0.470 e. The Hall–Kier alpha value is -2.30. The molecule has 0 spiro atoms. The van der Waals surface area contributed by atoms with E-state index >= 15 is 0 Å². The summed E-state index contributed by atoms with van der Waals surface area (Å²) in [5.74, 6) is -0.527. The summed E-state index contributed by atoms with van der Waals surface area (Å²) in [7, 11) is 0. The van der Waals surface area contributed by atoms with Crippen LogP contribution in [0.5, 0.6) is 0 Å². The molecule has 2 aliphatic rings. The van der Waals surface area contributed by atoms with Crippen LogP contribution in [0.2, 0.25) is 0 Å². The third kappa shape index (κ3) is 3.87. The SMILES string of the molecule is Cc1nc(C2CC2)nc(N2CCN(Cc3nnc(C(F)(F)F)o3)CC2)c1F. The maximum Gasteiger partial charge on any atom is 0.470 e. The van der Waals surface area contributed by atoms with Gasteiger partial charge in [-0.25, -0.2) is 14.4 Å². The molecule has 2 aromatic rings. The topological polar surface area (TPSA) is 71.2 Å². The summed E-state index contributed by atoms with van der Waals surface area (Å²) in [6.07, 6.45) is -2.59. The zero-order chi connectivity index (χ0) is 19.2. The fourth-order valence-corrected chi connectivity index (χ4v) is 3.04. The third-order valence-electron chi connectivity index (χ3n) is 4.70. The molecular formula is C16H18F4N6O. The van der Waals surface area contributed by atoms with Gasteiger partial charge in [-0.15, -0.1) is 10.2 Å². The van der Waals surface area contributed by atoms with Crippen molar-refractivity contribution in [3.8, 4) is 0 Å². The van der Waals surface area contributed by atoms with E-state index in [0.717, 1.165) is 12.8 Å². The van der Waals surface area contributed by atoms with E-state index in [0.29, 0.717) is 49.4 Å². The molecule has 1 aliphatic carbocycles. The third-order valence-corrected chi connectivity index (χ3v) is 4.70. The Labute approximate surface area is 152 Å². The second-order valence-corrected chi connectivity index (χ2v) is 6.84. The number of nitrogens with zero attached hydrogens (tertiary/aromatic N) is 6. The number of piperazine rings is 1. The van der Waals surface area contributed by atoms with E-state index in [-0.39, 0.29) is 12.4 Å². The lowest BCUT2D eigenvalue weighted by Crippen LogP contribution is -2.46. The quantitative estimate of drug-likeness (QED) is 0.748. The second kappa shape index (κ2) is 6.70. The predicted molar refractivity (Wildman–Crippen MR) is 85.5 cm³/mol. The van der Waals surface area contributed by atoms with Gasteiger partial charge in [-0.2, -0.15) is 13.2 Å². The van der Waals surface area contributed by atoms with Crippen LogP contribution in [-0.2, 0) is 12.7 Å². The zero-order valence-corrected chi connectivity index (χ0v) is 14.6. The van der Waals surface area contributed by atoms with Gasteiger partial charge >= 0.3 is 12.1 Å². The molecule has 0 radical (unpaired) electrons. The number of alkyl halides is 3. The van der Waals surface area contributed by atoms with Gasteiger partial charge < -0.3 is 9.32 Å². The van der Waals surface area contributed by atoms with Crippen LogP contribution in [-0.4, -0.2) is 51.2 Å². The van der Waals surface area contributed by atoms with Crippen molar-refractivity contribution in [1.29, 1.82) is 0 Å². The number of rotatable bonds is 4.